The van der Waals surface area contributed by atoms with Crippen LogP contribution in [0.2, 0.25) is 0 Å². The van der Waals surface area contributed by atoms with Gasteiger partial charge in [0.15, 0.2) is 15.0 Å². The first-order chi connectivity index (χ1) is 11.9. The molecule has 0 bridgehead atoms. The molecule has 0 spiro atoms. The van der Waals surface area contributed by atoms with Gasteiger partial charge in [-0.05, 0) is 24.1 Å². The van der Waals surface area contributed by atoms with Gasteiger partial charge in [0.1, 0.15) is 5.82 Å². The maximum absolute atomic E-state index is 13.1. The number of unbranched alkanes of at least 4 members (excludes halogenated alkanes) is 1. The molecule has 3 rings (SSSR count). The molecule has 5 nitrogen and oxygen atoms in total. The van der Waals surface area contributed by atoms with Crippen LogP contribution in [0.25, 0.3) is 0 Å². The zero-order valence-corrected chi connectivity index (χ0v) is 15.7. The van der Waals surface area contributed by atoms with E-state index in [1.165, 1.54) is 23.9 Å². The van der Waals surface area contributed by atoms with E-state index in [2.05, 4.69) is 4.99 Å². The first kappa shape index (κ1) is 18.4. The van der Waals surface area contributed by atoms with Crippen molar-refractivity contribution in [2.24, 2.45) is 4.99 Å². The number of carbonyl (C=O) groups excluding carboxylic acids is 1. The van der Waals surface area contributed by atoms with Crippen molar-refractivity contribution in [2.75, 3.05) is 11.5 Å². The second kappa shape index (κ2) is 7.45. The highest BCUT2D eigenvalue weighted by Crippen LogP contribution is 2.39. The number of nitrogens with zero attached hydrogens (tertiary/aromatic N) is 2. The second-order valence-electron chi connectivity index (χ2n) is 6.45. The van der Waals surface area contributed by atoms with E-state index in [1.807, 2.05) is 11.8 Å². The van der Waals surface area contributed by atoms with Crippen molar-refractivity contribution in [3.63, 3.8) is 0 Å². The Bertz CT molecular complexity index is 778. The van der Waals surface area contributed by atoms with Crippen LogP contribution in [0.3, 0.4) is 0 Å². The monoisotopic (exact) mass is 384 g/mol. The summed E-state index contributed by atoms with van der Waals surface area (Å²) in [6, 6.07) is 5.92. The molecule has 0 aromatic heterocycles. The first-order valence-electron chi connectivity index (χ1n) is 8.37. The average molecular weight is 384 g/mol. The van der Waals surface area contributed by atoms with Crippen molar-refractivity contribution in [1.82, 2.24) is 4.90 Å². The Balaban J connectivity index is 1.83. The molecule has 136 valence electrons. The van der Waals surface area contributed by atoms with Crippen molar-refractivity contribution in [3.8, 4) is 0 Å². The van der Waals surface area contributed by atoms with E-state index in [4.69, 9.17) is 0 Å². The van der Waals surface area contributed by atoms with Gasteiger partial charge in [-0.2, -0.15) is 4.99 Å². The SMILES string of the molecule is CCCCC(=O)N=C1S[C@H]2CS(=O)(=O)C[C@@H]2N1Cc1ccc(F)cc1. The summed E-state index contributed by atoms with van der Waals surface area (Å²) in [4.78, 5) is 18.2. The number of amides is 1. The first-order valence-corrected chi connectivity index (χ1v) is 11.1. The lowest BCUT2D eigenvalue weighted by Gasteiger charge is -2.24. The molecule has 2 aliphatic heterocycles. The highest BCUT2D eigenvalue weighted by atomic mass is 32.2. The van der Waals surface area contributed by atoms with Gasteiger partial charge in [0.05, 0.1) is 17.5 Å². The number of rotatable bonds is 5. The van der Waals surface area contributed by atoms with Crippen LogP contribution in [0.1, 0.15) is 31.7 Å². The summed E-state index contributed by atoms with van der Waals surface area (Å²) in [7, 11) is -3.07. The van der Waals surface area contributed by atoms with E-state index in [1.54, 1.807) is 12.1 Å². The molecule has 1 aromatic rings. The maximum Gasteiger partial charge on any atom is 0.248 e. The summed E-state index contributed by atoms with van der Waals surface area (Å²) in [6.45, 7) is 2.44. The molecule has 1 aromatic carbocycles. The number of amidine groups is 1. The molecular formula is C17H21FN2O3S2. The van der Waals surface area contributed by atoms with Gasteiger partial charge in [-0.25, -0.2) is 12.8 Å². The largest absolute Gasteiger partial charge is 0.342 e. The molecule has 0 saturated carbocycles. The van der Waals surface area contributed by atoms with Crippen molar-refractivity contribution in [3.05, 3.63) is 35.6 Å². The minimum atomic E-state index is -3.07. The molecule has 2 fully saturated rings. The fourth-order valence-corrected chi connectivity index (χ4v) is 7.07. The molecule has 2 aliphatic rings. The number of hydrogen-bond donors (Lipinski definition) is 0. The topological polar surface area (TPSA) is 66.8 Å². The predicted molar refractivity (Wildman–Crippen MR) is 97.7 cm³/mol. The van der Waals surface area contributed by atoms with E-state index in [0.717, 1.165) is 18.4 Å². The van der Waals surface area contributed by atoms with Crippen LogP contribution < -0.4 is 0 Å². The predicted octanol–water partition coefficient (Wildman–Crippen LogP) is 2.61. The molecule has 1 amide bonds. The number of fused-ring (bicyclic) bond motifs is 1. The lowest BCUT2D eigenvalue weighted by molar-refractivity contribution is -0.117. The zero-order chi connectivity index (χ0) is 18.0. The smallest absolute Gasteiger partial charge is 0.248 e. The third-order valence-electron chi connectivity index (χ3n) is 4.41. The average Bonchev–Trinajstić information content (AvgIpc) is 3.00. The standard InChI is InChI=1S/C17H21FN2O3S2/c1-2-3-4-16(21)19-17-20(9-12-5-7-13(18)8-6-12)14-10-25(22,23)11-15(14)24-17/h5-8,14-15H,2-4,9-11H2,1H3/t14-,15-/m0/s1. The fourth-order valence-electron chi connectivity index (χ4n) is 3.10. The highest BCUT2D eigenvalue weighted by Gasteiger charge is 2.48. The summed E-state index contributed by atoms with van der Waals surface area (Å²) >= 11 is 1.38. The minimum Gasteiger partial charge on any atom is -0.342 e. The Morgan fingerprint density at radius 3 is 2.72 bits per heavy atom. The third kappa shape index (κ3) is 4.41. The van der Waals surface area contributed by atoms with E-state index in [9.17, 15) is 17.6 Å². The normalized spacial score (nSPS) is 26.2. The van der Waals surface area contributed by atoms with Crippen LogP contribution in [0.15, 0.2) is 29.3 Å². The van der Waals surface area contributed by atoms with E-state index in [0.29, 0.717) is 18.1 Å². The molecule has 2 atom stereocenters. The Morgan fingerprint density at radius 1 is 1.32 bits per heavy atom. The lowest BCUT2D eigenvalue weighted by Crippen LogP contribution is -2.37. The maximum atomic E-state index is 13.1. The number of halogens is 1. The summed E-state index contributed by atoms with van der Waals surface area (Å²) in [5.74, 6) is -0.292. The Labute approximate surface area is 151 Å². The molecule has 2 heterocycles. The highest BCUT2D eigenvalue weighted by molar-refractivity contribution is 8.15. The van der Waals surface area contributed by atoms with E-state index >= 15 is 0 Å². The summed E-state index contributed by atoms with van der Waals surface area (Å²) in [5, 5.41) is 0.499. The number of hydrogen-bond acceptors (Lipinski definition) is 4. The van der Waals surface area contributed by atoms with Crippen LogP contribution in [0, 0.1) is 5.82 Å². The Hall–Kier alpha value is -1.41. The van der Waals surface area contributed by atoms with Gasteiger partial charge in [0.2, 0.25) is 5.91 Å². The second-order valence-corrected chi connectivity index (χ2v) is 9.81. The lowest BCUT2D eigenvalue weighted by atomic mass is 10.1. The molecule has 8 heteroatoms. The van der Waals surface area contributed by atoms with Crippen LogP contribution in [-0.4, -0.2) is 47.2 Å². The number of carbonyl (C=O) groups is 1. The van der Waals surface area contributed by atoms with E-state index < -0.39 is 9.84 Å². The Kier molecular flexibility index (Phi) is 5.48. The summed E-state index contributed by atoms with van der Waals surface area (Å²) < 4.78 is 37.0. The number of benzene rings is 1. The van der Waals surface area contributed by atoms with Crippen molar-refractivity contribution >= 4 is 32.7 Å². The van der Waals surface area contributed by atoms with Gasteiger partial charge in [-0.15, -0.1) is 0 Å². The van der Waals surface area contributed by atoms with Crippen LogP contribution in [0.4, 0.5) is 4.39 Å². The third-order valence-corrected chi connectivity index (χ3v) is 7.65. The van der Waals surface area contributed by atoms with Gasteiger partial charge in [0.25, 0.3) is 0 Å². The van der Waals surface area contributed by atoms with Crippen LogP contribution in [-0.2, 0) is 21.2 Å². The van der Waals surface area contributed by atoms with Gasteiger partial charge < -0.3 is 4.90 Å². The van der Waals surface area contributed by atoms with Gasteiger partial charge >= 0.3 is 0 Å². The molecular weight excluding hydrogens is 363 g/mol. The number of aliphatic imine (C=N–C) groups is 1. The fraction of sp³-hybridized carbons (Fsp3) is 0.529. The molecule has 0 N–H and O–H groups in total. The van der Waals surface area contributed by atoms with E-state index in [-0.39, 0.29) is 34.5 Å². The Morgan fingerprint density at radius 2 is 2.04 bits per heavy atom. The number of sulfone groups is 1. The molecule has 0 aliphatic carbocycles. The van der Waals surface area contributed by atoms with Crippen molar-refractivity contribution in [2.45, 2.75) is 44.0 Å². The van der Waals surface area contributed by atoms with Crippen molar-refractivity contribution in [1.29, 1.82) is 0 Å². The minimum absolute atomic E-state index is 0.0774. The van der Waals surface area contributed by atoms with Gasteiger partial charge in [0, 0.05) is 18.2 Å². The quantitative estimate of drug-likeness (QED) is 0.781. The molecule has 25 heavy (non-hydrogen) atoms. The van der Waals surface area contributed by atoms with Crippen LogP contribution in [0.5, 0.6) is 0 Å². The zero-order valence-electron chi connectivity index (χ0n) is 14.0. The van der Waals surface area contributed by atoms with Crippen LogP contribution >= 0.6 is 11.8 Å². The summed E-state index contributed by atoms with van der Waals surface area (Å²) in [6.07, 6.45) is 2.12. The van der Waals surface area contributed by atoms with Gasteiger partial charge in [-0.1, -0.05) is 37.2 Å². The molecule has 0 unspecified atom stereocenters. The number of thioether (sulfide) groups is 1. The van der Waals surface area contributed by atoms with Gasteiger partial charge in [-0.3, -0.25) is 4.79 Å². The summed E-state index contributed by atoms with van der Waals surface area (Å²) in [5.41, 5.74) is 0.862. The van der Waals surface area contributed by atoms with Crippen molar-refractivity contribution < 1.29 is 17.6 Å². The molecule has 0 radical (unpaired) electrons. The molecule has 2 saturated heterocycles.